The molecule has 6 heteroatoms. The fourth-order valence-electron chi connectivity index (χ4n) is 1.81. The van der Waals surface area contributed by atoms with Crippen LogP contribution in [0, 0.1) is 0 Å². The van der Waals surface area contributed by atoms with Gasteiger partial charge in [0.25, 0.3) is 0 Å². The number of ether oxygens (including phenoxy) is 1. The van der Waals surface area contributed by atoms with Crippen molar-refractivity contribution in [1.82, 2.24) is 4.90 Å². The van der Waals surface area contributed by atoms with E-state index in [0.717, 1.165) is 13.0 Å². The Bertz CT molecular complexity index is 219. The van der Waals surface area contributed by atoms with Crippen molar-refractivity contribution in [3.63, 3.8) is 0 Å². The zero-order chi connectivity index (χ0) is 12.2. The van der Waals surface area contributed by atoms with Crippen molar-refractivity contribution in [2.75, 3.05) is 32.8 Å². The van der Waals surface area contributed by atoms with Crippen molar-refractivity contribution in [3.05, 3.63) is 0 Å². The molecule has 0 aromatic heterocycles. The first-order chi connectivity index (χ1) is 7.29. The van der Waals surface area contributed by atoms with Crippen molar-refractivity contribution in [3.8, 4) is 0 Å². The van der Waals surface area contributed by atoms with E-state index in [-0.39, 0.29) is 6.61 Å². The number of β-amino-alcohol motifs (C(OH)–C–C–N with tert-alkyl or cyclic N) is 1. The number of halogens is 3. The van der Waals surface area contributed by atoms with Crippen LogP contribution in [-0.2, 0) is 4.74 Å². The maximum atomic E-state index is 11.7. The lowest BCUT2D eigenvalue weighted by Crippen LogP contribution is -2.30. The summed E-state index contributed by atoms with van der Waals surface area (Å²) in [7, 11) is 0. The molecule has 0 aromatic carbocycles. The van der Waals surface area contributed by atoms with E-state index in [9.17, 15) is 18.3 Å². The van der Waals surface area contributed by atoms with Gasteiger partial charge in [-0.1, -0.05) is 0 Å². The van der Waals surface area contributed by atoms with Crippen LogP contribution in [0.5, 0.6) is 0 Å². The van der Waals surface area contributed by atoms with Gasteiger partial charge in [0.05, 0.1) is 5.60 Å². The van der Waals surface area contributed by atoms with Gasteiger partial charge in [0, 0.05) is 26.2 Å². The van der Waals surface area contributed by atoms with Gasteiger partial charge in [-0.25, -0.2) is 0 Å². The van der Waals surface area contributed by atoms with E-state index in [1.165, 1.54) is 0 Å². The molecule has 1 aliphatic heterocycles. The molecule has 0 radical (unpaired) electrons. The lowest BCUT2D eigenvalue weighted by molar-refractivity contribution is -0.174. The van der Waals surface area contributed by atoms with Crippen LogP contribution in [0.3, 0.4) is 0 Å². The van der Waals surface area contributed by atoms with E-state index in [1.807, 2.05) is 4.90 Å². The first-order valence-corrected chi connectivity index (χ1v) is 5.38. The number of nitrogens with zero attached hydrogens (tertiary/aromatic N) is 1. The molecule has 1 saturated heterocycles. The van der Waals surface area contributed by atoms with Gasteiger partial charge in [0.15, 0.2) is 0 Å². The highest BCUT2D eigenvalue weighted by molar-refractivity contribution is 4.85. The van der Waals surface area contributed by atoms with Gasteiger partial charge in [-0.2, -0.15) is 13.2 Å². The van der Waals surface area contributed by atoms with Crippen molar-refractivity contribution >= 4 is 0 Å². The van der Waals surface area contributed by atoms with Crippen LogP contribution < -0.4 is 0 Å². The third-order valence-corrected chi connectivity index (χ3v) is 2.56. The van der Waals surface area contributed by atoms with Crippen LogP contribution in [0.1, 0.15) is 19.8 Å². The third kappa shape index (κ3) is 5.67. The number of alkyl halides is 3. The molecule has 0 bridgehead atoms. The highest BCUT2D eigenvalue weighted by atomic mass is 19.4. The summed E-state index contributed by atoms with van der Waals surface area (Å²) in [6, 6.07) is 0. The second kappa shape index (κ2) is 5.33. The van der Waals surface area contributed by atoms with Crippen LogP contribution in [0.25, 0.3) is 0 Å². The fourth-order valence-corrected chi connectivity index (χ4v) is 1.81. The topological polar surface area (TPSA) is 32.7 Å². The van der Waals surface area contributed by atoms with Crippen LogP contribution in [0.4, 0.5) is 13.2 Å². The summed E-state index contributed by atoms with van der Waals surface area (Å²) in [5.74, 6) is 0. The van der Waals surface area contributed by atoms with E-state index in [0.29, 0.717) is 19.5 Å². The minimum atomic E-state index is -4.24. The molecule has 16 heavy (non-hydrogen) atoms. The maximum Gasteiger partial charge on any atom is 0.411 e. The first kappa shape index (κ1) is 13.7. The largest absolute Gasteiger partial charge is 0.411 e. The van der Waals surface area contributed by atoms with Gasteiger partial charge in [0.1, 0.15) is 6.61 Å². The second-order valence-corrected chi connectivity index (χ2v) is 4.54. The van der Waals surface area contributed by atoms with E-state index in [4.69, 9.17) is 0 Å². The molecule has 3 nitrogen and oxygen atoms in total. The quantitative estimate of drug-likeness (QED) is 0.739. The number of rotatable bonds is 5. The Hall–Kier alpha value is -0.330. The normalized spacial score (nSPS) is 27.6. The molecule has 0 spiro atoms. The van der Waals surface area contributed by atoms with Gasteiger partial charge in [-0.05, 0) is 19.8 Å². The number of hydrogen-bond donors (Lipinski definition) is 1. The first-order valence-electron chi connectivity index (χ1n) is 5.38. The van der Waals surface area contributed by atoms with Gasteiger partial charge < -0.3 is 14.7 Å². The molecular formula is C10H18F3NO2. The van der Waals surface area contributed by atoms with Crippen molar-refractivity contribution in [2.45, 2.75) is 31.5 Å². The maximum absolute atomic E-state index is 11.7. The Morgan fingerprint density at radius 2 is 2.12 bits per heavy atom. The number of hydrogen-bond acceptors (Lipinski definition) is 3. The van der Waals surface area contributed by atoms with Crippen molar-refractivity contribution < 1.29 is 23.0 Å². The van der Waals surface area contributed by atoms with Crippen LogP contribution in [0.15, 0.2) is 0 Å². The lowest BCUT2D eigenvalue weighted by atomic mass is 10.1. The van der Waals surface area contributed by atoms with Gasteiger partial charge in [-0.3, -0.25) is 0 Å². The van der Waals surface area contributed by atoms with Crippen LogP contribution in [0.2, 0.25) is 0 Å². The zero-order valence-electron chi connectivity index (χ0n) is 9.39. The molecule has 1 rings (SSSR count). The molecule has 96 valence electrons. The SMILES string of the molecule is CC1(O)CCN(CCCOCC(F)(F)F)C1. The molecule has 1 unspecified atom stereocenters. The Morgan fingerprint density at radius 3 is 2.62 bits per heavy atom. The summed E-state index contributed by atoms with van der Waals surface area (Å²) >= 11 is 0. The highest BCUT2D eigenvalue weighted by Crippen LogP contribution is 2.20. The molecule has 1 fully saturated rings. The molecule has 1 aliphatic rings. The molecule has 0 saturated carbocycles. The number of aliphatic hydroxyl groups is 1. The van der Waals surface area contributed by atoms with Gasteiger partial charge in [-0.15, -0.1) is 0 Å². The molecule has 1 heterocycles. The molecule has 1 atom stereocenters. The average molecular weight is 241 g/mol. The molecule has 1 N–H and O–H groups in total. The monoisotopic (exact) mass is 241 g/mol. The predicted octanol–water partition coefficient (Wildman–Crippen LogP) is 1.41. The Labute approximate surface area is 93.2 Å². The summed E-state index contributed by atoms with van der Waals surface area (Å²) in [6.45, 7) is 2.77. The third-order valence-electron chi connectivity index (χ3n) is 2.56. The van der Waals surface area contributed by atoms with Gasteiger partial charge >= 0.3 is 6.18 Å². The van der Waals surface area contributed by atoms with E-state index >= 15 is 0 Å². The highest BCUT2D eigenvalue weighted by Gasteiger charge is 2.31. The lowest BCUT2D eigenvalue weighted by Gasteiger charge is -2.18. The summed E-state index contributed by atoms with van der Waals surface area (Å²) in [5.41, 5.74) is -0.646. The second-order valence-electron chi connectivity index (χ2n) is 4.54. The summed E-state index contributed by atoms with van der Waals surface area (Å²) in [4.78, 5) is 2.04. The summed E-state index contributed by atoms with van der Waals surface area (Å²) in [6.07, 6.45) is -2.96. The fraction of sp³-hybridized carbons (Fsp3) is 1.00. The van der Waals surface area contributed by atoms with E-state index < -0.39 is 18.4 Å². The van der Waals surface area contributed by atoms with Crippen LogP contribution in [-0.4, -0.2) is 54.6 Å². The van der Waals surface area contributed by atoms with Crippen molar-refractivity contribution in [1.29, 1.82) is 0 Å². The molecular weight excluding hydrogens is 223 g/mol. The van der Waals surface area contributed by atoms with Gasteiger partial charge in [0.2, 0.25) is 0 Å². The smallest absolute Gasteiger partial charge is 0.389 e. The Morgan fingerprint density at radius 1 is 1.44 bits per heavy atom. The minimum absolute atomic E-state index is 0.109. The Balaban J connectivity index is 2.00. The predicted molar refractivity (Wildman–Crippen MR) is 53.2 cm³/mol. The average Bonchev–Trinajstić information content (AvgIpc) is 2.43. The standard InChI is InChI=1S/C10H18F3NO2/c1-9(15)3-5-14(7-9)4-2-6-16-8-10(11,12)13/h15H,2-8H2,1H3. The van der Waals surface area contributed by atoms with E-state index in [1.54, 1.807) is 6.92 Å². The Kier molecular flexibility index (Phi) is 4.58. The molecule has 0 aliphatic carbocycles. The summed E-state index contributed by atoms with van der Waals surface area (Å²) < 4.78 is 39.6. The zero-order valence-corrected chi connectivity index (χ0v) is 9.39. The molecule has 0 aromatic rings. The molecule has 0 amide bonds. The number of likely N-dealkylation sites (tertiary alicyclic amines) is 1. The minimum Gasteiger partial charge on any atom is -0.389 e. The summed E-state index contributed by atoms with van der Waals surface area (Å²) in [5, 5.41) is 9.65. The van der Waals surface area contributed by atoms with E-state index in [2.05, 4.69) is 4.74 Å². The van der Waals surface area contributed by atoms with Crippen LogP contribution >= 0.6 is 0 Å². The van der Waals surface area contributed by atoms with Crippen molar-refractivity contribution in [2.24, 2.45) is 0 Å².